The van der Waals surface area contributed by atoms with Gasteiger partial charge in [0.1, 0.15) is 17.1 Å². The summed E-state index contributed by atoms with van der Waals surface area (Å²) in [4.78, 5) is 29.4. The Morgan fingerprint density at radius 3 is 2.06 bits per heavy atom. The number of rotatable bonds is 5. The van der Waals surface area contributed by atoms with E-state index in [1.54, 1.807) is 25.8 Å². The van der Waals surface area contributed by atoms with E-state index in [0.29, 0.717) is 19.6 Å². The van der Waals surface area contributed by atoms with Crippen LogP contribution in [-0.4, -0.2) is 65.5 Å². The fourth-order valence-electron chi connectivity index (χ4n) is 5.47. The van der Waals surface area contributed by atoms with Crippen LogP contribution in [0.1, 0.15) is 50.3 Å². The molecule has 2 aliphatic rings. The molecule has 1 aromatic heterocycles. The summed E-state index contributed by atoms with van der Waals surface area (Å²) in [5, 5.41) is 0. The molecule has 0 N–H and O–H groups in total. The molecule has 1 amide bonds. The van der Waals surface area contributed by atoms with Gasteiger partial charge in [-0.3, -0.25) is 9.69 Å². The zero-order valence-corrected chi connectivity index (χ0v) is 22.8. The normalized spacial score (nSPS) is 19.9. The number of carbonyl (C=O) groups is 1. The fraction of sp³-hybridized carbons (Fsp3) is 0.571. The van der Waals surface area contributed by atoms with Crippen molar-refractivity contribution >= 4 is 6.09 Å². The van der Waals surface area contributed by atoms with Crippen LogP contribution in [0, 0.1) is 13.8 Å². The molecule has 0 saturated carbocycles. The average molecular weight is 498 g/mol. The summed E-state index contributed by atoms with van der Waals surface area (Å²) in [6.07, 6.45) is 3.72. The smallest absolute Gasteiger partial charge is 0.410 e. The first-order valence-electron chi connectivity index (χ1n) is 12.6. The van der Waals surface area contributed by atoms with E-state index in [2.05, 4.69) is 4.90 Å². The van der Waals surface area contributed by atoms with Crippen molar-refractivity contribution in [2.24, 2.45) is 7.05 Å². The number of pyridine rings is 1. The monoisotopic (exact) mass is 497 g/mol. The van der Waals surface area contributed by atoms with Crippen molar-refractivity contribution in [1.29, 1.82) is 0 Å². The Hall–Kier alpha value is -3.00. The minimum atomic E-state index is -0.502. The summed E-state index contributed by atoms with van der Waals surface area (Å²) < 4.78 is 19.0. The number of hydrogen-bond donors (Lipinski definition) is 0. The molecule has 4 rings (SSSR count). The van der Waals surface area contributed by atoms with Crippen molar-refractivity contribution in [3.63, 3.8) is 0 Å². The predicted octanol–water partition coefficient (Wildman–Crippen LogP) is 4.27. The molecule has 1 aromatic carbocycles. The fourth-order valence-corrected chi connectivity index (χ4v) is 5.47. The first-order valence-corrected chi connectivity index (χ1v) is 12.6. The minimum absolute atomic E-state index is 0.00722. The van der Waals surface area contributed by atoms with E-state index in [-0.39, 0.29) is 23.7 Å². The summed E-state index contributed by atoms with van der Waals surface area (Å²) in [5.74, 6) is 1.51. The molecular formula is C28H39N3O5. The number of amides is 1. The van der Waals surface area contributed by atoms with Gasteiger partial charge in [-0.15, -0.1) is 0 Å². The first kappa shape index (κ1) is 26.1. The summed E-state index contributed by atoms with van der Waals surface area (Å²) in [6, 6.07) is 4.59. The van der Waals surface area contributed by atoms with Crippen molar-refractivity contribution in [3.8, 4) is 22.6 Å². The largest absolute Gasteiger partial charge is 0.496 e. The Kier molecular flexibility index (Phi) is 7.10. The van der Waals surface area contributed by atoms with E-state index in [9.17, 15) is 9.59 Å². The summed E-state index contributed by atoms with van der Waals surface area (Å²) in [7, 11) is 5.12. The highest BCUT2D eigenvalue weighted by Crippen LogP contribution is 2.40. The number of aromatic nitrogens is 1. The zero-order chi connectivity index (χ0) is 26.4. The third-order valence-electron chi connectivity index (χ3n) is 7.48. The molecule has 2 aliphatic heterocycles. The summed E-state index contributed by atoms with van der Waals surface area (Å²) in [6.45, 7) is 11.5. The Bertz CT molecular complexity index is 1170. The molecule has 2 unspecified atom stereocenters. The SMILES string of the molecule is COc1cc(-c2cn(C)c(=O)c(C)c2C)cc(OC)c1CN1C2CCC1CN(C(=O)OC(C)(C)C)C2. The van der Waals surface area contributed by atoms with Crippen LogP contribution >= 0.6 is 0 Å². The molecule has 0 radical (unpaired) electrons. The molecule has 2 atom stereocenters. The molecular weight excluding hydrogens is 458 g/mol. The second-order valence-corrected chi connectivity index (χ2v) is 11.0. The van der Waals surface area contributed by atoms with Gasteiger partial charge >= 0.3 is 6.09 Å². The number of likely N-dealkylation sites (tertiary alicyclic amines) is 1. The van der Waals surface area contributed by atoms with Crippen LogP contribution in [-0.2, 0) is 18.3 Å². The van der Waals surface area contributed by atoms with Crippen LogP contribution in [0.2, 0.25) is 0 Å². The van der Waals surface area contributed by atoms with Crippen LogP contribution in [0.4, 0.5) is 4.79 Å². The second-order valence-electron chi connectivity index (χ2n) is 11.0. The van der Waals surface area contributed by atoms with Crippen LogP contribution in [0.15, 0.2) is 23.1 Å². The van der Waals surface area contributed by atoms with Gasteiger partial charge in [-0.2, -0.15) is 0 Å². The number of nitrogens with zero attached hydrogens (tertiary/aromatic N) is 3. The van der Waals surface area contributed by atoms with E-state index in [0.717, 1.165) is 52.2 Å². The first-order chi connectivity index (χ1) is 16.9. The maximum atomic E-state index is 12.7. The van der Waals surface area contributed by atoms with Gasteiger partial charge < -0.3 is 23.7 Å². The standard InChI is InChI=1S/C28H39N3O5/c1-17-18(2)26(32)29(6)15-22(17)19-11-24(34-7)23(25(12-19)35-8)16-31-20-9-10-21(31)14-30(13-20)27(33)36-28(3,4)5/h11-12,15,20-21H,9-10,13-14,16H2,1-8H3. The molecule has 2 fully saturated rings. The highest BCUT2D eigenvalue weighted by molar-refractivity contribution is 5.72. The number of hydrogen-bond acceptors (Lipinski definition) is 6. The van der Waals surface area contributed by atoms with Gasteiger partial charge in [-0.25, -0.2) is 4.79 Å². The van der Waals surface area contributed by atoms with Crippen molar-refractivity contribution in [2.45, 2.75) is 71.7 Å². The molecule has 3 heterocycles. The van der Waals surface area contributed by atoms with Gasteiger partial charge in [0.2, 0.25) is 0 Å². The lowest BCUT2D eigenvalue weighted by atomic mass is 9.97. The quantitative estimate of drug-likeness (QED) is 0.614. The van der Waals surface area contributed by atoms with Gasteiger partial charge in [0.05, 0.1) is 19.8 Å². The molecule has 8 nitrogen and oxygen atoms in total. The molecule has 196 valence electrons. The van der Waals surface area contributed by atoms with Crippen LogP contribution in [0.5, 0.6) is 11.5 Å². The Balaban J connectivity index is 1.62. The molecule has 8 heteroatoms. The highest BCUT2D eigenvalue weighted by Gasteiger charge is 2.42. The van der Waals surface area contributed by atoms with Gasteiger partial charge in [-0.1, -0.05) is 0 Å². The topological polar surface area (TPSA) is 73.2 Å². The number of ether oxygens (including phenoxy) is 3. The summed E-state index contributed by atoms with van der Waals surface area (Å²) >= 11 is 0. The van der Waals surface area contributed by atoms with Gasteiger partial charge in [0.15, 0.2) is 0 Å². The lowest BCUT2D eigenvalue weighted by Gasteiger charge is -2.41. The number of fused-ring (bicyclic) bond motifs is 2. The van der Waals surface area contributed by atoms with E-state index in [1.807, 2.05) is 57.8 Å². The van der Waals surface area contributed by atoms with Crippen molar-refractivity contribution < 1.29 is 19.0 Å². The predicted molar refractivity (Wildman–Crippen MR) is 140 cm³/mol. The lowest BCUT2D eigenvalue weighted by molar-refractivity contribution is -0.000365. The summed E-state index contributed by atoms with van der Waals surface area (Å²) in [5.41, 5.74) is 4.10. The van der Waals surface area contributed by atoms with Crippen LogP contribution in [0.3, 0.4) is 0 Å². The number of methoxy groups -OCH3 is 2. The highest BCUT2D eigenvalue weighted by atomic mass is 16.6. The van der Waals surface area contributed by atoms with E-state index in [1.165, 1.54) is 0 Å². The number of benzene rings is 1. The van der Waals surface area contributed by atoms with Crippen molar-refractivity contribution in [3.05, 3.63) is 45.4 Å². The number of aryl methyl sites for hydroxylation is 1. The van der Waals surface area contributed by atoms with E-state index in [4.69, 9.17) is 14.2 Å². The second kappa shape index (κ2) is 9.81. The van der Waals surface area contributed by atoms with Crippen molar-refractivity contribution in [1.82, 2.24) is 14.4 Å². The molecule has 36 heavy (non-hydrogen) atoms. The number of carbonyl (C=O) groups excluding carboxylic acids is 1. The molecule has 2 aromatic rings. The van der Waals surface area contributed by atoms with E-state index < -0.39 is 5.60 Å². The Labute approximate surface area is 213 Å². The van der Waals surface area contributed by atoms with Gasteiger partial charge in [0.25, 0.3) is 5.56 Å². The van der Waals surface area contributed by atoms with Crippen LogP contribution in [0.25, 0.3) is 11.1 Å². The molecule has 0 aliphatic carbocycles. The maximum Gasteiger partial charge on any atom is 0.410 e. The third-order valence-corrected chi connectivity index (χ3v) is 7.48. The zero-order valence-electron chi connectivity index (χ0n) is 22.8. The van der Waals surface area contributed by atoms with Gasteiger partial charge in [0, 0.05) is 56.1 Å². The third kappa shape index (κ3) is 4.96. The Morgan fingerprint density at radius 2 is 1.56 bits per heavy atom. The Morgan fingerprint density at radius 1 is 1.00 bits per heavy atom. The lowest BCUT2D eigenvalue weighted by Crippen LogP contribution is -2.55. The van der Waals surface area contributed by atoms with Crippen LogP contribution < -0.4 is 15.0 Å². The molecule has 0 spiro atoms. The van der Waals surface area contributed by atoms with E-state index >= 15 is 0 Å². The molecule has 2 bridgehead atoms. The average Bonchev–Trinajstić information content (AvgIpc) is 3.04. The minimum Gasteiger partial charge on any atom is -0.496 e. The van der Waals surface area contributed by atoms with Crippen molar-refractivity contribution in [2.75, 3.05) is 27.3 Å². The van der Waals surface area contributed by atoms with Gasteiger partial charge in [-0.05, 0) is 70.7 Å². The maximum absolute atomic E-state index is 12.7. The number of piperazine rings is 1. The molecule has 2 saturated heterocycles.